The molecule has 20 heavy (non-hydrogen) atoms. The summed E-state index contributed by atoms with van der Waals surface area (Å²) in [5.74, 6) is 0.166. The highest BCUT2D eigenvalue weighted by molar-refractivity contribution is 5.98. The number of nitrogens with one attached hydrogen (secondary N) is 1. The molecule has 0 aromatic rings. The number of allylic oxidation sites excluding steroid dienone is 1. The first kappa shape index (κ1) is 14.9. The van der Waals surface area contributed by atoms with Crippen LogP contribution in [-0.4, -0.2) is 42.0 Å². The molecule has 0 aliphatic heterocycles. The Morgan fingerprint density at radius 3 is 2.20 bits per heavy atom. The van der Waals surface area contributed by atoms with Crippen molar-refractivity contribution in [2.45, 2.75) is 51.2 Å². The minimum Gasteiger partial charge on any atom is -0.444 e. The lowest BCUT2D eigenvalue weighted by atomic mass is 9.38. The summed E-state index contributed by atoms with van der Waals surface area (Å²) in [6.45, 7) is 5.52. The second-order valence-corrected chi connectivity index (χ2v) is 7.36. The van der Waals surface area contributed by atoms with Gasteiger partial charge in [-0.3, -0.25) is 4.79 Å². The van der Waals surface area contributed by atoms with Crippen LogP contribution in [0.2, 0.25) is 0 Å². The molecule has 0 saturated heterocycles. The molecule has 3 aliphatic rings. The van der Waals surface area contributed by atoms with Crippen molar-refractivity contribution in [1.29, 1.82) is 0 Å². The third-order valence-corrected chi connectivity index (χ3v) is 3.84. The minimum absolute atomic E-state index is 0.166. The molecule has 0 atom stereocenters. The zero-order chi connectivity index (χ0) is 15.2. The van der Waals surface area contributed by atoms with Crippen LogP contribution < -0.4 is 5.32 Å². The lowest BCUT2D eigenvalue weighted by molar-refractivity contribution is -0.172. The summed E-state index contributed by atoms with van der Waals surface area (Å²) in [6, 6.07) is 0. The molecule has 0 radical (unpaired) electrons. The van der Waals surface area contributed by atoms with E-state index in [4.69, 9.17) is 4.74 Å². The molecule has 5 nitrogen and oxygen atoms in total. The summed E-state index contributed by atoms with van der Waals surface area (Å²) < 4.78 is 5.25. The zero-order valence-corrected chi connectivity index (χ0v) is 12.9. The van der Waals surface area contributed by atoms with E-state index in [0.717, 1.165) is 19.3 Å². The van der Waals surface area contributed by atoms with Crippen LogP contribution in [0.15, 0.2) is 12.3 Å². The van der Waals surface area contributed by atoms with Gasteiger partial charge < -0.3 is 15.0 Å². The first-order chi connectivity index (χ1) is 9.06. The zero-order valence-electron chi connectivity index (χ0n) is 12.9. The normalized spacial score (nSPS) is 31.2. The van der Waals surface area contributed by atoms with E-state index in [1.165, 1.54) is 0 Å². The second kappa shape index (κ2) is 4.50. The van der Waals surface area contributed by atoms with E-state index in [1.54, 1.807) is 12.3 Å². The maximum atomic E-state index is 12.1. The standard InChI is InChI=1S/C15H24N2O3/c1-13(2,3)20-12(19)16-15-8-14(9-15,10-15)11(18)6-7-17(4)5/h6-7H,8-10H2,1-5H3,(H,16,19)/b7-6+. The Labute approximate surface area is 120 Å². The van der Waals surface area contributed by atoms with Crippen molar-refractivity contribution < 1.29 is 14.3 Å². The van der Waals surface area contributed by atoms with Gasteiger partial charge in [0.05, 0.1) is 0 Å². The monoisotopic (exact) mass is 280 g/mol. The van der Waals surface area contributed by atoms with Gasteiger partial charge >= 0.3 is 6.09 Å². The minimum atomic E-state index is -0.491. The van der Waals surface area contributed by atoms with Crippen molar-refractivity contribution in [2.24, 2.45) is 5.41 Å². The van der Waals surface area contributed by atoms with Crippen LogP contribution in [-0.2, 0) is 9.53 Å². The number of carbonyl (C=O) groups is 2. The van der Waals surface area contributed by atoms with Gasteiger partial charge in [0.2, 0.25) is 0 Å². The Morgan fingerprint density at radius 1 is 1.20 bits per heavy atom. The molecule has 1 amide bonds. The highest BCUT2D eigenvalue weighted by atomic mass is 16.6. The Balaban J connectivity index is 1.82. The Morgan fingerprint density at radius 2 is 1.75 bits per heavy atom. The quantitative estimate of drug-likeness (QED) is 0.801. The topological polar surface area (TPSA) is 58.6 Å². The number of amides is 1. The maximum absolute atomic E-state index is 12.1. The summed E-state index contributed by atoms with van der Waals surface area (Å²) in [5.41, 5.74) is -0.930. The number of rotatable bonds is 4. The van der Waals surface area contributed by atoms with Gasteiger partial charge in [0.15, 0.2) is 5.78 Å². The number of hydrogen-bond donors (Lipinski definition) is 1. The summed E-state index contributed by atoms with van der Waals surface area (Å²) in [5, 5.41) is 2.91. The molecule has 3 saturated carbocycles. The fourth-order valence-corrected chi connectivity index (χ4v) is 3.10. The lowest BCUT2D eigenvalue weighted by Crippen LogP contribution is -2.77. The Bertz CT molecular complexity index is 440. The Kier molecular flexibility index (Phi) is 3.35. The predicted octanol–water partition coefficient (Wildman–Crippen LogP) is 2.08. The number of carbonyl (C=O) groups excluding carboxylic acids is 2. The van der Waals surface area contributed by atoms with Gasteiger partial charge in [0, 0.05) is 31.2 Å². The lowest BCUT2D eigenvalue weighted by Gasteiger charge is -2.69. The van der Waals surface area contributed by atoms with E-state index >= 15 is 0 Å². The molecule has 3 fully saturated rings. The van der Waals surface area contributed by atoms with Crippen LogP contribution in [0.4, 0.5) is 4.79 Å². The van der Waals surface area contributed by atoms with E-state index in [1.807, 2.05) is 39.8 Å². The first-order valence-corrected chi connectivity index (χ1v) is 6.96. The van der Waals surface area contributed by atoms with Gasteiger partial charge in [-0.25, -0.2) is 4.79 Å². The van der Waals surface area contributed by atoms with Gasteiger partial charge in [-0.1, -0.05) is 0 Å². The molecule has 0 unspecified atom stereocenters. The highest BCUT2D eigenvalue weighted by Crippen LogP contribution is 2.67. The summed E-state index contributed by atoms with van der Waals surface area (Å²) in [4.78, 5) is 25.7. The van der Waals surface area contributed by atoms with Crippen LogP contribution in [0, 0.1) is 5.41 Å². The fraction of sp³-hybridized carbons (Fsp3) is 0.733. The van der Waals surface area contributed by atoms with Gasteiger partial charge in [-0.15, -0.1) is 0 Å². The SMILES string of the molecule is CN(C)/C=C/C(=O)C12CC(NC(=O)OC(C)(C)C)(C1)C2. The molecule has 112 valence electrons. The maximum Gasteiger partial charge on any atom is 0.408 e. The van der Waals surface area contributed by atoms with Crippen LogP contribution >= 0.6 is 0 Å². The molecule has 0 spiro atoms. The van der Waals surface area contributed by atoms with Crippen LogP contribution in [0.3, 0.4) is 0 Å². The fourth-order valence-electron chi connectivity index (χ4n) is 3.10. The van der Waals surface area contributed by atoms with Crippen LogP contribution in [0.1, 0.15) is 40.0 Å². The number of alkyl carbamates (subject to hydrolysis) is 1. The summed E-state index contributed by atoms with van der Waals surface area (Å²) >= 11 is 0. The van der Waals surface area contributed by atoms with E-state index in [-0.39, 0.29) is 22.8 Å². The molecule has 0 aromatic heterocycles. The smallest absolute Gasteiger partial charge is 0.408 e. The third kappa shape index (κ3) is 2.81. The van der Waals surface area contributed by atoms with E-state index < -0.39 is 5.60 Å². The molecule has 5 heteroatoms. The highest BCUT2D eigenvalue weighted by Gasteiger charge is 2.71. The van der Waals surface area contributed by atoms with Crippen molar-refractivity contribution in [1.82, 2.24) is 10.2 Å². The van der Waals surface area contributed by atoms with Gasteiger partial charge in [-0.2, -0.15) is 0 Å². The van der Waals surface area contributed by atoms with Crippen molar-refractivity contribution in [3.8, 4) is 0 Å². The average Bonchev–Trinajstić information content (AvgIpc) is 2.14. The third-order valence-electron chi connectivity index (χ3n) is 3.84. The van der Waals surface area contributed by atoms with Crippen molar-refractivity contribution in [2.75, 3.05) is 14.1 Å². The molecule has 0 heterocycles. The van der Waals surface area contributed by atoms with E-state index in [2.05, 4.69) is 5.32 Å². The van der Waals surface area contributed by atoms with Crippen LogP contribution in [0.25, 0.3) is 0 Å². The number of ketones is 1. The van der Waals surface area contributed by atoms with E-state index in [0.29, 0.717) is 0 Å². The molecular weight excluding hydrogens is 256 g/mol. The van der Waals surface area contributed by atoms with Gasteiger partial charge in [-0.05, 0) is 46.1 Å². The number of hydrogen-bond acceptors (Lipinski definition) is 4. The number of nitrogens with zero attached hydrogens (tertiary/aromatic N) is 1. The number of ether oxygens (including phenoxy) is 1. The van der Waals surface area contributed by atoms with Crippen molar-refractivity contribution in [3.63, 3.8) is 0 Å². The first-order valence-electron chi connectivity index (χ1n) is 6.96. The summed E-state index contributed by atoms with van der Waals surface area (Å²) in [6.07, 6.45) is 5.22. The van der Waals surface area contributed by atoms with Crippen molar-refractivity contribution >= 4 is 11.9 Å². The molecular formula is C15H24N2O3. The predicted molar refractivity (Wildman–Crippen MR) is 76.2 cm³/mol. The van der Waals surface area contributed by atoms with Crippen molar-refractivity contribution in [3.05, 3.63) is 12.3 Å². The molecule has 2 bridgehead atoms. The van der Waals surface area contributed by atoms with E-state index in [9.17, 15) is 9.59 Å². The molecule has 3 aliphatic carbocycles. The summed E-state index contributed by atoms with van der Waals surface area (Å²) in [7, 11) is 3.77. The average molecular weight is 280 g/mol. The van der Waals surface area contributed by atoms with Crippen LogP contribution in [0.5, 0.6) is 0 Å². The second-order valence-electron chi connectivity index (χ2n) is 7.36. The molecule has 1 N–H and O–H groups in total. The molecule has 0 aromatic carbocycles. The van der Waals surface area contributed by atoms with Gasteiger partial charge in [0.25, 0.3) is 0 Å². The van der Waals surface area contributed by atoms with Gasteiger partial charge in [0.1, 0.15) is 5.60 Å². The Hall–Kier alpha value is -1.52. The molecule has 3 rings (SSSR count). The largest absolute Gasteiger partial charge is 0.444 e.